The van der Waals surface area contributed by atoms with Gasteiger partial charge in [0.05, 0.1) is 5.02 Å². The molecule has 2 rings (SSSR count). The van der Waals surface area contributed by atoms with Crippen molar-refractivity contribution in [3.8, 4) is 11.6 Å². The molecule has 0 bridgehead atoms. The largest absolute Gasteiger partial charge is 0.439 e. The second-order valence-corrected chi connectivity index (χ2v) is 5.42. The molecule has 0 aliphatic carbocycles. The monoisotopic (exact) mass is 308 g/mol. The summed E-state index contributed by atoms with van der Waals surface area (Å²) in [6.07, 6.45) is 3.44. The summed E-state index contributed by atoms with van der Waals surface area (Å²) in [5.41, 5.74) is 7.88. The van der Waals surface area contributed by atoms with Crippen LogP contribution in [0.15, 0.2) is 30.5 Å². The van der Waals surface area contributed by atoms with Crippen LogP contribution in [0.4, 0.5) is 4.39 Å². The van der Waals surface area contributed by atoms with Crippen molar-refractivity contribution in [3.63, 3.8) is 0 Å². The van der Waals surface area contributed by atoms with Crippen LogP contribution in [0.5, 0.6) is 11.6 Å². The Bertz CT molecular complexity index is 634. The van der Waals surface area contributed by atoms with Crippen LogP contribution in [0.2, 0.25) is 5.02 Å². The minimum Gasteiger partial charge on any atom is -0.439 e. The number of halogens is 2. The first kappa shape index (κ1) is 15.7. The highest BCUT2D eigenvalue weighted by atomic mass is 35.5. The number of pyridine rings is 1. The minimum absolute atomic E-state index is 0.0657. The lowest BCUT2D eigenvalue weighted by atomic mass is 10.1. The Kier molecular flexibility index (Phi) is 5.15. The van der Waals surface area contributed by atoms with Crippen molar-refractivity contribution < 1.29 is 9.13 Å². The van der Waals surface area contributed by atoms with Crippen molar-refractivity contribution >= 4 is 11.6 Å². The molecule has 0 radical (unpaired) electrons. The molecule has 21 heavy (non-hydrogen) atoms. The molecule has 3 nitrogen and oxygen atoms in total. The summed E-state index contributed by atoms with van der Waals surface area (Å²) in [5.74, 6) is 0.299. The molecule has 2 N–H and O–H groups in total. The van der Waals surface area contributed by atoms with E-state index in [9.17, 15) is 4.39 Å². The van der Waals surface area contributed by atoms with Gasteiger partial charge in [0.1, 0.15) is 11.6 Å². The van der Waals surface area contributed by atoms with Gasteiger partial charge in [0.25, 0.3) is 0 Å². The number of aromatic nitrogens is 1. The van der Waals surface area contributed by atoms with Gasteiger partial charge in [0.2, 0.25) is 5.88 Å². The zero-order valence-corrected chi connectivity index (χ0v) is 12.8. The Morgan fingerprint density at radius 3 is 2.76 bits per heavy atom. The molecule has 1 unspecified atom stereocenters. The maximum atomic E-state index is 13.4. The van der Waals surface area contributed by atoms with Crippen LogP contribution in [-0.2, 0) is 6.42 Å². The first-order valence-electron chi connectivity index (χ1n) is 6.83. The summed E-state index contributed by atoms with van der Waals surface area (Å²) in [6.45, 7) is 3.95. The topological polar surface area (TPSA) is 48.1 Å². The molecular formula is C16H18ClFN2O. The molecule has 2 aromatic rings. The van der Waals surface area contributed by atoms with Gasteiger partial charge in [-0.15, -0.1) is 0 Å². The van der Waals surface area contributed by atoms with E-state index in [0.717, 1.165) is 24.0 Å². The van der Waals surface area contributed by atoms with Crippen LogP contribution >= 0.6 is 11.6 Å². The molecule has 1 aromatic carbocycles. The van der Waals surface area contributed by atoms with Gasteiger partial charge in [0.15, 0.2) is 0 Å². The summed E-state index contributed by atoms with van der Waals surface area (Å²) in [5, 5.41) is 0.0657. The highest BCUT2D eigenvalue weighted by Gasteiger charge is 2.08. The normalized spacial score (nSPS) is 12.2. The smallest absolute Gasteiger partial charge is 0.222 e. The molecule has 5 heteroatoms. The molecular weight excluding hydrogens is 291 g/mol. The molecule has 1 atom stereocenters. The third-order valence-corrected chi connectivity index (χ3v) is 3.52. The van der Waals surface area contributed by atoms with E-state index in [0.29, 0.717) is 11.6 Å². The van der Waals surface area contributed by atoms with Gasteiger partial charge in [-0.1, -0.05) is 18.5 Å². The van der Waals surface area contributed by atoms with Gasteiger partial charge >= 0.3 is 0 Å². The quantitative estimate of drug-likeness (QED) is 0.898. The van der Waals surface area contributed by atoms with Crippen LogP contribution in [0, 0.1) is 12.7 Å². The predicted octanol–water partition coefficient (Wildman–Crippen LogP) is 4.25. The Labute approximate surface area is 128 Å². The Hall–Kier alpha value is -1.65. The fraction of sp³-hybridized carbons (Fsp3) is 0.312. The second-order valence-electron chi connectivity index (χ2n) is 5.02. The fourth-order valence-electron chi connectivity index (χ4n) is 1.94. The van der Waals surface area contributed by atoms with E-state index in [2.05, 4.69) is 11.9 Å². The van der Waals surface area contributed by atoms with Crippen LogP contribution in [0.25, 0.3) is 0 Å². The highest BCUT2D eigenvalue weighted by molar-refractivity contribution is 6.30. The first-order chi connectivity index (χ1) is 9.99. The number of benzene rings is 1. The Morgan fingerprint density at radius 1 is 1.38 bits per heavy atom. The molecule has 1 aromatic heterocycles. The van der Waals surface area contributed by atoms with Crippen LogP contribution in [-0.4, -0.2) is 11.0 Å². The summed E-state index contributed by atoms with van der Waals surface area (Å²) in [6, 6.07) is 6.42. The highest BCUT2D eigenvalue weighted by Crippen LogP contribution is 2.26. The van der Waals surface area contributed by atoms with Gasteiger partial charge in [-0.3, -0.25) is 0 Å². The molecule has 1 heterocycles. The average molecular weight is 309 g/mol. The van der Waals surface area contributed by atoms with Crippen LogP contribution in [0.3, 0.4) is 0 Å². The maximum Gasteiger partial charge on any atom is 0.222 e. The number of aryl methyl sites for hydroxylation is 1. The van der Waals surface area contributed by atoms with Crippen molar-refractivity contribution in [1.29, 1.82) is 0 Å². The summed E-state index contributed by atoms with van der Waals surface area (Å²) >= 11 is 5.64. The second kappa shape index (κ2) is 6.87. The Morgan fingerprint density at radius 2 is 2.14 bits per heavy atom. The molecule has 0 aliphatic heterocycles. The summed E-state index contributed by atoms with van der Waals surface area (Å²) in [7, 11) is 0. The lowest BCUT2D eigenvalue weighted by Crippen LogP contribution is -2.21. The lowest BCUT2D eigenvalue weighted by molar-refractivity contribution is 0.453. The van der Waals surface area contributed by atoms with E-state index in [1.54, 1.807) is 12.3 Å². The number of nitrogens with zero attached hydrogens (tertiary/aromatic N) is 1. The van der Waals surface area contributed by atoms with Gasteiger partial charge < -0.3 is 10.5 Å². The molecule has 112 valence electrons. The zero-order chi connectivity index (χ0) is 15.4. The molecule has 0 spiro atoms. The molecule has 0 saturated heterocycles. The van der Waals surface area contributed by atoms with E-state index < -0.39 is 5.82 Å². The summed E-state index contributed by atoms with van der Waals surface area (Å²) < 4.78 is 19.0. The molecule has 0 fully saturated rings. The average Bonchev–Trinajstić information content (AvgIpc) is 2.45. The first-order valence-corrected chi connectivity index (χ1v) is 7.21. The van der Waals surface area contributed by atoms with E-state index in [1.165, 1.54) is 12.1 Å². The predicted molar refractivity (Wildman–Crippen MR) is 82.4 cm³/mol. The number of rotatable bonds is 5. The minimum atomic E-state index is -0.516. The van der Waals surface area contributed by atoms with Crippen LogP contribution in [0.1, 0.15) is 24.5 Å². The molecule has 0 aliphatic rings. The van der Waals surface area contributed by atoms with Crippen molar-refractivity contribution in [2.24, 2.45) is 5.73 Å². The van der Waals surface area contributed by atoms with E-state index in [-0.39, 0.29) is 11.1 Å². The third kappa shape index (κ3) is 4.16. The van der Waals surface area contributed by atoms with E-state index in [1.807, 2.05) is 13.0 Å². The summed E-state index contributed by atoms with van der Waals surface area (Å²) in [4.78, 5) is 4.28. The van der Waals surface area contributed by atoms with Crippen molar-refractivity contribution in [3.05, 3.63) is 52.4 Å². The number of hydrogen-bond donors (Lipinski definition) is 1. The van der Waals surface area contributed by atoms with Crippen molar-refractivity contribution in [2.45, 2.75) is 32.7 Å². The number of ether oxygens (including phenoxy) is 1. The van der Waals surface area contributed by atoms with Gasteiger partial charge in [-0.25, -0.2) is 9.37 Å². The number of nitrogens with two attached hydrogens (primary N) is 1. The Balaban J connectivity index is 2.15. The van der Waals surface area contributed by atoms with Gasteiger partial charge in [0, 0.05) is 23.9 Å². The zero-order valence-electron chi connectivity index (χ0n) is 12.1. The van der Waals surface area contributed by atoms with Crippen molar-refractivity contribution in [1.82, 2.24) is 4.98 Å². The van der Waals surface area contributed by atoms with E-state index in [4.69, 9.17) is 22.1 Å². The SMILES string of the molecule is CCC(N)Cc1cnc(Oc2ccc(Cl)c(F)c2)c(C)c1. The fourth-order valence-corrected chi connectivity index (χ4v) is 2.06. The van der Waals surface area contributed by atoms with E-state index >= 15 is 0 Å². The van der Waals surface area contributed by atoms with Crippen LogP contribution < -0.4 is 10.5 Å². The molecule has 0 saturated carbocycles. The lowest BCUT2D eigenvalue weighted by Gasteiger charge is -2.12. The number of hydrogen-bond acceptors (Lipinski definition) is 3. The van der Waals surface area contributed by atoms with Gasteiger partial charge in [-0.05, 0) is 43.5 Å². The van der Waals surface area contributed by atoms with Gasteiger partial charge in [-0.2, -0.15) is 0 Å². The third-order valence-electron chi connectivity index (χ3n) is 3.21. The molecule has 0 amide bonds. The van der Waals surface area contributed by atoms with Crippen molar-refractivity contribution in [2.75, 3.05) is 0 Å². The maximum absolute atomic E-state index is 13.4. The standard InChI is InChI=1S/C16H18ClFN2O/c1-3-12(19)7-11-6-10(2)16(20-9-11)21-13-4-5-14(17)15(18)8-13/h4-6,8-9,12H,3,7,19H2,1-2H3.